The zero-order valence-corrected chi connectivity index (χ0v) is 39.3. The number of para-hydroxylation sites is 2. The highest BCUT2D eigenvalue weighted by atomic mass is 35.5. The van der Waals surface area contributed by atoms with E-state index < -0.39 is 43.5 Å². The maximum Gasteiger partial charge on any atom is 0.395 e. The van der Waals surface area contributed by atoms with E-state index in [9.17, 15) is 26.2 Å². The van der Waals surface area contributed by atoms with E-state index in [4.69, 9.17) is 21.6 Å². The van der Waals surface area contributed by atoms with E-state index in [2.05, 4.69) is 71.1 Å². The molecular weight excluding hydrogens is 886 g/mol. The van der Waals surface area contributed by atoms with Crippen LogP contribution in [-0.2, 0) is 49.9 Å². The summed E-state index contributed by atoms with van der Waals surface area (Å²) in [4.78, 5) is 17.6. The summed E-state index contributed by atoms with van der Waals surface area (Å²) in [7, 11) is -7.25. The van der Waals surface area contributed by atoms with Gasteiger partial charge in [0.05, 0.1) is 12.9 Å². The first-order chi connectivity index (χ1) is 29.9. The molecule has 0 saturated heterocycles. The molecule has 0 amide bonds. The molecule has 2 heterocycles. The minimum atomic E-state index is -4.36. The number of anilines is 2. The van der Waals surface area contributed by atoms with E-state index in [1.54, 1.807) is 0 Å². The molecule has 63 heavy (non-hydrogen) atoms. The van der Waals surface area contributed by atoms with Crippen LogP contribution in [0.4, 0.5) is 11.4 Å². The summed E-state index contributed by atoms with van der Waals surface area (Å²) in [5, 5.41) is 12.6. The molecule has 0 atom stereocenters. The number of halogens is 1. The van der Waals surface area contributed by atoms with Gasteiger partial charge < -0.3 is 14.5 Å². The Labute approximate surface area is 380 Å². The molecule has 2 N–H and O–H groups in total. The zero-order valence-electron chi connectivity index (χ0n) is 36.1. The number of hydrogen-bond acceptors (Lipinski definition) is 12. The fourth-order valence-corrected chi connectivity index (χ4v) is 11.3. The highest BCUT2D eigenvalue weighted by Crippen LogP contribution is 2.49. The van der Waals surface area contributed by atoms with Crippen LogP contribution >= 0.6 is 23.6 Å². The van der Waals surface area contributed by atoms with Gasteiger partial charge in [-0.15, -0.1) is 4.33 Å². The van der Waals surface area contributed by atoms with Gasteiger partial charge in [-0.3, -0.25) is 4.55 Å². The molecule has 3 aromatic rings. The molecular formula is C46H55ClN3O10S3+. The number of esters is 1. The first-order valence-corrected chi connectivity index (χ1v) is 25.1. The second-order valence-corrected chi connectivity index (χ2v) is 21.3. The van der Waals surface area contributed by atoms with Crippen molar-refractivity contribution in [3.05, 3.63) is 136 Å². The fraction of sp³-hybridized carbons (Fsp3) is 0.391. The number of methoxy groups -OCH3 is 1. The van der Waals surface area contributed by atoms with E-state index >= 15 is 0 Å². The van der Waals surface area contributed by atoms with Crippen LogP contribution in [0.15, 0.2) is 125 Å². The maximum atomic E-state index is 14.8. The molecule has 0 spiro atoms. The summed E-state index contributed by atoms with van der Waals surface area (Å²) in [5.74, 6) is -0.467. The normalized spacial score (nSPS) is 20.3. The summed E-state index contributed by atoms with van der Waals surface area (Å²) in [6.45, 7) is 9.15. The summed E-state index contributed by atoms with van der Waals surface area (Å²) < 4.78 is 72.8. The Bertz CT molecular complexity index is 2570. The zero-order chi connectivity index (χ0) is 45.6. The number of carbonyl (C=O) groups is 1. The van der Waals surface area contributed by atoms with Crippen molar-refractivity contribution in [2.24, 2.45) is 0 Å². The average Bonchev–Trinajstić information content (AvgIpc) is 3.81. The van der Waals surface area contributed by atoms with Crippen molar-refractivity contribution >= 4 is 66.8 Å². The number of fused-ring (bicyclic) bond motifs is 2. The number of hydrogen-bond donors (Lipinski definition) is 2. The molecule has 6 rings (SSSR count). The van der Waals surface area contributed by atoms with Gasteiger partial charge in [-0.1, -0.05) is 96.9 Å². The highest BCUT2D eigenvalue weighted by Gasteiger charge is 2.43. The van der Waals surface area contributed by atoms with Crippen LogP contribution in [0, 0.1) is 0 Å². The average molecular weight is 942 g/mol. The topological polar surface area (TPSA) is 163 Å². The van der Waals surface area contributed by atoms with Crippen molar-refractivity contribution in [3.63, 3.8) is 0 Å². The smallest absolute Gasteiger partial charge is 0.395 e. The molecule has 3 aliphatic rings. The largest absolute Gasteiger partial charge is 0.464 e. The van der Waals surface area contributed by atoms with Gasteiger partial charge in [0.25, 0.3) is 16.7 Å². The quantitative estimate of drug-likeness (QED) is 0.0236. The van der Waals surface area contributed by atoms with Crippen molar-refractivity contribution in [1.29, 1.82) is 0 Å². The molecule has 17 heteroatoms. The predicted octanol–water partition coefficient (Wildman–Crippen LogP) is 9.18. The number of sulfonamides is 1. The first-order valence-electron chi connectivity index (χ1n) is 20.8. The van der Waals surface area contributed by atoms with Crippen molar-refractivity contribution < 1.29 is 49.5 Å². The van der Waals surface area contributed by atoms with Crippen LogP contribution < -0.4 is 9.80 Å². The summed E-state index contributed by atoms with van der Waals surface area (Å²) in [5.41, 5.74) is 7.15. The monoisotopic (exact) mass is 940 g/mol. The van der Waals surface area contributed by atoms with Crippen molar-refractivity contribution in [1.82, 2.24) is 0 Å². The lowest BCUT2D eigenvalue weighted by molar-refractivity contribution is -0.432. The second kappa shape index (κ2) is 20.3. The van der Waals surface area contributed by atoms with Crippen LogP contribution in [0.25, 0.3) is 0 Å². The van der Waals surface area contributed by atoms with E-state index in [1.807, 2.05) is 48.6 Å². The van der Waals surface area contributed by atoms with Crippen LogP contribution in [-0.4, -0.2) is 80.6 Å². The molecule has 0 radical (unpaired) electrons. The fourth-order valence-electron chi connectivity index (χ4n) is 8.72. The van der Waals surface area contributed by atoms with Crippen molar-refractivity contribution in [2.75, 3.05) is 48.0 Å². The van der Waals surface area contributed by atoms with Gasteiger partial charge in [0.2, 0.25) is 5.71 Å². The number of ether oxygens (including phenoxy) is 1. The molecule has 3 aromatic carbocycles. The van der Waals surface area contributed by atoms with Gasteiger partial charge in [-0.05, 0) is 98.2 Å². The van der Waals surface area contributed by atoms with E-state index in [-0.39, 0.29) is 17.1 Å². The number of benzene rings is 3. The number of carbonyl (C=O) groups excluding carboxylic acids is 1. The second-order valence-electron chi connectivity index (χ2n) is 16.6. The molecule has 13 nitrogen and oxygen atoms in total. The Morgan fingerprint density at radius 3 is 1.78 bits per heavy atom. The lowest BCUT2D eigenvalue weighted by Crippen LogP contribution is -2.33. The van der Waals surface area contributed by atoms with Gasteiger partial charge in [-0.25, -0.2) is 10.1 Å². The third kappa shape index (κ3) is 10.8. The Kier molecular flexibility index (Phi) is 15.5. The Morgan fingerprint density at radius 1 is 0.778 bits per heavy atom. The van der Waals surface area contributed by atoms with Gasteiger partial charge in [0, 0.05) is 80.7 Å². The Hall–Kier alpha value is -4.26. The third-order valence-corrected chi connectivity index (χ3v) is 15.3. The lowest BCUT2D eigenvalue weighted by Gasteiger charge is -2.27. The van der Waals surface area contributed by atoms with E-state index in [1.165, 1.54) is 31.4 Å². The Morgan fingerprint density at radius 2 is 1.29 bits per heavy atom. The van der Waals surface area contributed by atoms with Crippen LogP contribution in [0.2, 0.25) is 5.02 Å². The van der Waals surface area contributed by atoms with Crippen molar-refractivity contribution in [3.8, 4) is 0 Å². The minimum absolute atomic E-state index is 0.0401. The molecule has 2 aliphatic heterocycles. The van der Waals surface area contributed by atoms with Crippen molar-refractivity contribution in [2.45, 2.75) is 81.9 Å². The van der Waals surface area contributed by atoms with Crippen LogP contribution in [0.3, 0.4) is 0 Å². The molecule has 0 unspecified atom stereocenters. The van der Waals surface area contributed by atoms with Gasteiger partial charge in [-0.2, -0.15) is 16.8 Å². The molecule has 338 valence electrons. The first kappa shape index (κ1) is 48.2. The maximum absolute atomic E-state index is 14.8. The van der Waals surface area contributed by atoms with Gasteiger partial charge >= 0.3 is 16.0 Å². The van der Waals surface area contributed by atoms with Gasteiger partial charge in [0.1, 0.15) is 4.90 Å². The highest BCUT2D eigenvalue weighted by molar-refractivity contribution is 7.94. The third-order valence-electron chi connectivity index (χ3n) is 11.9. The van der Waals surface area contributed by atoms with Crippen LogP contribution in [0.5, 0.6) is 0 Å². The molecule has 1 saturated carbocycles. The number of unbranched alkanes of at least 4 members (excludes halogenated alkanes) is 2. The van der Waals surface area contributed by atoms with Crippen LogP contribution in [0.1, 0.15) is 77.3 Å². The Balaban J connectivity index is 1.50. The summed E-state index contributed by atoms with van der Waals surface area (Å²) in [6.07, 6.45) is 11.3. The lowest BCUT2D eigenvalue weighted by atomic mass is 9.83. The summed E-state index contributed by atoms with van der Waals surface area (Å²) >= 11 is 7.22. The summed E-state index contributed by atoms with van der Waals surface area (Å²) in [6, 6.07) is 22.1. The number of rotatable bonds is 18. The van der Waals surface area contributed by atoms with E-state index in [0.717, 1.165) is 62.8 Å². The SMILES string of the molecule is COC(=O)C\[N+](=C1C(=C/C=C2/N(CCCCSOOO)c3ccccc3C2(C)C)CCC/1=C\C=C1\N(CCCCS(=O)(=O)O)c2ccccc2C1(C)C)S(=O)(=O)c1ccc(Cl)cc1. The number of nitrogens with zero attached hydrogens (tertiary/aromatic N) is 3. The minimum Gasteiger partial charge on any atom is -0.464 e. The molecule has 0 bridgehead atoms. The predicted molar refractivity (Wildman–Crippen MR) is 248 cm³/mol. The number of allylic oxidation sites excluding steroid dienone is 8. The molecule has 0 aromatic heterocycles. The van der Waals surface area contributed by atoms with E-state index in [0.29, 0.717) is 60.0 Å². The molecule has 1 fully saturated rings. The van der Waals surface area contributed by atoms with Gasteiger partial charge in [0.15, 0.2) is 0 Å². The standard InChI is InChI=1S/C46H54ClN3O10S3/c1-45(2)37-14-6-8-16-39(37)48(28-10-12-30-61-60-59-52)41(45)26-20-33-18-19-34(44(33)50(32-43(51)58-5)63(56,57)36-24-22-35(47)23-25-36)21-27-42-46(3,4)38-15-7-9-17-40(38)49(42)29-11-13-31-62(53,54)55/h6-9,14-17,20-27H,10-13,18-19,28-32H2,1-5H3,(H-,52,53,54,55)/p+1. The molecule has 1 aliphatic carbocycles.